The van der Waals surface area contributed by atoms with Gasteiger partial charge in [-0.3, -0.25) is 9.48 Å². The van der Waals surface area contributed by atoms with Crippen molar-refractivity contribution in [2.45, 2.75) is 20.3 Å². The molecular formula is C17H24N4O2. The van der Waals surface area contributed by atoms with Gasteiger partial charge in [0.05, 0.1) is 18.7 Å². The van der Waals surface area contributed by atoms with Crippen molar-refractivity contribution in [2.24, 2.45) is 7.05 Å². The molecule has 0 atom stereocenters. The first-order valence-electron chi connectivity index (χ1n) is 7.63. The number of likely N-dealkylation sites (N-methyl/N-ethyl adjacent to an activating group) is 1. The van der Waals surface area contributed by atoms with Crippen LogP contribution in [0.5, 0.6) is 0 Å². The second-order valence-electron chi connectivity index (χ2n) is 5.69. The summed E-state index contributed by atoms with van der Waals surface area (Å²) in [4.78, 5) is 14.2. The van der Waals surface area contributed by atoms with Crippen LogP contribution in [0.1, 0.15) is 17.0 Å². The van der Waals surface area contributed by atoms with E-state index in [0.717, 1.165) is 28.3 Å². The molecule has 23 heavy (non-hydrogen) atoms. The Bertz CT molecular complexity index is 677. The van der Waals surface area contributed by atoms with E-state index in [2.05, 4.69) is 10.4 Å². The van der Waals surface area contributed by atoms with Crippen molar-refractivity contribution in [1.29, 1.82) is 0 Å². The quantitative estimate of drug-likeness (QED) is 0.850. The Hall–Kier alpha value is -2.34. The number of aliphatic hydroxyl groups is 1. The zero-order valence-electron chi connectivity index (χ0n) is 14.1. The molecule has 0 saturated carbocycles. The number of aryl methyl sites for hydroxylation is 2. The molecule has 6 nitrogen and oxygen atoms in total. The van der Waals surface area contributed by atoms with Crippen molar-refractivity contribution in [3.63, 3.8) is 0 Å². The van der Waals surface area contributed by atoms with Gasteiger partial charge in [-0.05, 0) is 38.1 Å². The number of hydrogen-bond acceptors (Lipinski definition) is 4. The van der Waals surface area contributed by atoms with Gasteiger partial charge >= 0.3 is 0 Å². The van der Waals surface area contributed by atoms with Crippen molar-refractivity contribution in [2.75, 3.05) is 30.4 Å². The van der Waals surface area contributed by atoms with E-state index in [4.69, 9.17) is 5.11 Å². The number of aromatic nitrogens is 2. The van der Waals surface area contributed by atoms with E-state index in [0.29, 0.717) is 13.0 Å². The average molecular weight is 316 g/mol. The van der Waals surface area contributed by atoms with E-state index >= 15 is 0 Å². The highest BCUT2D eigenvalue weighted by molar-refractivity contribution is 5.92. The van der Waals surface area contributed by atoms with E-state index in [9.17, 15) is 4.79 Å². The molecule has 0 bridgehead atoms. The molecule has 6 heteroatoms. The molecule has 1 aromatic carbocycles. The van der Waals surface area contributed by atoms with Crippen molar-refractivity contribution in [1.82, 2.24) is 9.78 Å². The fourth-order valence-electron chi connectivity index (χ4n) is 2.52. The number of benzene rings is 1. The lowest BCUT2D eigenvalue weighted by molar-refractivity contribution is -0.115. The molecule has 0 aliphatic heterocycles. The molecule has 2 rings (SSSR count). The number of nitrogens with one attached hydrogen (secondary N) is 1. The van der Waals surface area contributed by atoms with Crippen LogP contribution in [0.3, 0.4) is 0 Å². The Morgan fingerprint density at radius 2 is 1.96 bits per heavy atom. The Morgan fingerprint density at radius 3 is 2.48 bits per heavy atom. The van der Waals surface area contributed by atoms with Crippen molar-refractivity contribution >= 4 is 17.3 Å². The van der Waals surface area contributed by atoms with Gasteiger partial charge in [-0.2, -0.15) is 5.10 Å². The number of nitrogens with zero attached hydrogens (tertiary/aromatic N) is 3. The van der Waals surface area contributed by atoms with Gasteiger partial charge in [0.15, 0.2) is 0 Å². The van der Waals surface area contributed by atoms with Gasteiger partial charge in [-0.25, -0.2) is 0 Å². The fraction of sp³-hybridized carbons (Fsp3) is 0.412. The third-order valence-electron chi connectivity index (χ3n) is 4.02. The van der Waals surface area contributed by atoms with Crippen molar-refractivity contribution < 1.29 is 9.90 Å². The standard InChI is InChI=1S/C17H24N4O2/c1-12-16(13(2)21(4)19-12)11-17(23)18-14-5-7-15(8-6-14)20(3)9-10-22/h5-8,22H,9-11H2,1-4H3,(H,18,23). The zero-order valence-corrected chi connectivity index (χ0v) is 14.1. The Kier molecular flexibility index (Phi) is 5.39. The molecule has 0 aliphatic rings. The van der Waals surface area contributed by atoms with Crippen LogP contribution in [-0.4, -0.2) is 41.0 Å². The van der Waals surface area contributed by atoms with Crippen LogP contribution in [-0.2, 0) is 18.3 Å². The molecule has 1 heterocycles. The lowest BCUT2D eigenvalue weighted by atomic mass is 10.1. The monoisotopic (exact) mass is 316 g/mol. The van der Waals surface area contributed by atoms with Gasteiger partial charge in [0.2, 0.25) is 5.91 Å². The topological polar surface area (TPSA) is 70.4 Å². The van der Waals surface area contributed by atoms with Crippen LogP contribution in [0.25, 0.3) is 0 Å². The predicted molar refractivity (Wildman–Crippen MR) is 91.8 cm³/mol. The molecule has 124 valence electrons. The van der Waals surface area contributed by atoms with E-state index in [-0.39, 0.29) is 12.5 Å². The minimum absolute atomic E-state index is 0.0549. The van der Waals surface area contributed by atoms with Crippen LogP contribution in [0, 0.1) is 13.8 Å². The minimum Gasteiger partial charge on any atom is -0.395 e. The molecule has 0 aliphatic carbocycles. The molecule has 2 N–H and O–H groups in total. The highest BCUT2D eigenvalue weighted by Gasteiger charge is 2.13. The first kappa shape index (κ1) is 17.0. The number of carbonyl (C=O) groups is 1. The first-order valence-corrected chi connectivity index (χ1v) is 7.63. The maximum Gasteiger partial charge on any atom is 0.228 e. The summed E-state index contributed by atoms with van der Waals surface area (Å²) in [6.45, 7) is 4.57. The molecule has 0 radical (unpaired) electrons. The van der Waals surface area contributed by atoms with Gasteiger partial charge in [-0.1, -0.05) is 0 Å². The largest absolute Gasteiger partial charge is 0.395 e. The Balaban J connectivity index is 2.00. The first-order chi connectivity index (χ1) is 10.9. The number of carbonyl (C=O) groups excluding carboxylic acids is 1. The maximum absolute atomic E-state index is 12.2. The summed E-state index contributed by atoms with van der Waals surface area (Å²) < 4.78 is 1.80. The summed E-state index contributed by atoms with van der Waals surface area (Å²) >= 11 is 0. The second kappa shape index (κ2) is 7.28. The smallest absolute Gasteiger partial charge is 0.228 e. The molecular weight excluding hydrogens is 292 g/mol. The molecule has 0 saturated heterocycles. The summed E-state index contributed by atoms with van der Waals surface area (Å²) in [6.07, 6.45) is 0.317. The zero-order chi connectivity index (χ0) is 17.0. The summed E-state index contributed by atoms with van der Waals surface area (Å²) in [5, 5.41) is 16.2. The number of hydrogen-bond donors (Lipinski definition) is 2. The third-order valence-corrected chi connectivity index (χ3v) is 4.02. The van der Waals surface area contributed by atoms with Crippen molar-refractivity contribution in [3.8, 4) is 0 Å². The van der Waals surface area contributed by atoms with Gasteiger partial charge < -0.3 is 15.3 Å². The Morgan fingerprint density at radius 1 is 1.30 bits per heavy atom. The fourth-order valence-corrected chi connectivity index (χ4v) is 2.52. The minimum atomic E-state index is -0.0549. The van der Waals surface area contributed by atoms with Crippen LogP contribution >= 0.6 is 0 Å². The van der Waals surface area contributed by atoms with Gasteiger partial charge in [0, 0.05) is 43.3 Å². The van der Waals surface area contributed by atoms with Gasteiger partial charge in [0.25, 0.3) is 0 Å². The van der Waals surface area contributed by atoms with Crippen molar-refractivity contribution in [3.05, 3.63) is 41.2 Å². The summed E-state index contributed by atoms with van der Waals surface area (Å²) in [5.41, 5.74) is 4.63. The van der Waals surface area contributed by atoms with Crippen LogP contribution in [0.2, 0.25) is 0 Å². The van der Waals surface area contributed by atoms with Crippen LogP contribution in [0.15, 0.2) is 24.3 Å². The van der Waals surface area contributed by atoms with E-state index in [1.807, 2.05) is 57.1 Å². The third kappa shape index (κ3) is 4.10. The highest BCUT2D eigenvalue weighted by atomic mass is 16.3. The Labute approximate surface area is 136 Å². The van der Waals surface area contributed by atoms with Crippen LogP contribution in [0.4, 0.5) is 11.4 Å². The van der Waals surface area contributed by atoms with E-state index in [1.165, 1.54) is 0 Å². The predicted octanol–water partition coefficient (Wildman–Crippen LogP) is 1.65. The van der Waals surface area contributed by atoms with E-state index < -0.39 is 0 Å². The van der Waals surface area contributed by atoms with Crippen LogP contribution < -0.4 is 10.2 Å². The highest BCUT2D eigenvalue weighted by Crippen LogP contribution is 2.18. The number of aliphatic hydroxyl groups excluding tert-OH is 1. The summed E-state index contributed by atoms with van der Waals surface area (Å²) in [5.74, 6) is -0.0549. The normalized spacial score (nSPS) is 10.7. The second-order valence-corrected chi connectivity index (χ2v) is 5.69. The van der Waals surface area contributed by atoms with E-state index in [1.54, 1.807) is 4.68 Å². The molecule has 2 aromatic rings. The average Bonchev–Trinajstić information content (AvgIpc) is 2.74. The molecule has 1 aromatic heterocycles. The molecule has 0 unspecified atom stereocenters. The lowest BCUT2D eigenvalue weighted by Gasteiger charge is -2.18. The lowest BCUT2D eigenvalue weighted by Crippen LogP contribution is -2.21. The molecule has 1 amide bonds. The van der Waals surface area contributed by atoms with Gasteiger partial charge in [0.1, 0.15) is 0 Å². The number of amides is 1. The number of rotatable bonds is 6. The molecule has 0 fully saturated rings. The summed E-state index contributed by atoms with van der Waals surface area (Å²) in [6, 6.07) is 7.58. The molecule has 0 spiro atoms. The number of anilines is 2. The SMILES string of the molecule is Cc1nn(C)c(C)c1CC(=O)Nc1ccc(N(C)CCO)cc1. The van der Waals surface area contributed by atoms with Gasteiger partial charge in [-0.15, -0.1) is 0 Å². The maximum atomic E-state index is 12.2. The summed E-state index contributed by atoms with van der Waals surface area (Å²) in [7, 11) is 3.79.